The number of thioether (sulfide) groups is 1. The van der Waals surface area contributed by atoms with Crippen LogP contribution in [0.4, 0.5) is 0 Å². The Morgan fingerprint density at radius 2 is 2.15 bits per heavy atom. The number of hydrogen-bond donors (Lipinski definition) is 1. The number of hydrogen-bond acceptors (Lipinski definition) is 3. The second-order valence-corrected chi connectivity index (χ2v) is 6.56. The average Bonchev–Trinajstić information content (AvgIpc) is 2.50. The molecule has 1 atom stereocenters. The third kappa shape index (κ3) is 2.62. The second-order valence-electron chi connectivity index (χ2n) is 3.35. The molecule has 0 radical (unpaired) electrons. The molecule has 0 aromatic carbocycles. The summed E-state index contributed by atoms with van der Waals surface area (Å²) in [7, 11) is 0. The molecule has 74 valence electrons. The van der Waals surface area contributed by atoms with Crippen LogP contribution < -0.4 is 0 Å². The molecule has 0 aliphatic rings. The predicted molar refractivity (Wildman–Crippen MR) is 61.9 cm³/mol. The van der Waals surface area contributed by atoms with E-state index in [4.69, 9.17) is 11.6 Å². The predicted octanol–water partition coefficient (Wildman–Crippen LogP) is 3.58. The molecule has 0 amide bonds. The SMILES string of the molecule is CSC(C)(C)C(O)c1ccc(Cl)s1. The fraction of sp³-hybridized carbons (Fsp3) is 0.556. The molecular weight excluding hydrogens is 224 g/mol. The lowest BCUT2D eigenvalue weighted by Gasteiger charge is -2.27. The standard InChI is InChI=1S/C9H13ClOS2/c1-9(2,12-3)8(11)6-4-5-7(10)13-6/h4-5,8,11H,1-3H3. The van der Waals surface area contributed by atoms with Crippen LogP contribution >= 0.6 is 34.7 Å². The van der Waals surface area contributed by atoms with Crippen LogP contribution in [0.3, 0.4) is 0 Å². The summed E-state index contributed by atoms with van der Waals surface area (Å²) in [6.45, 7) is 4.05. The van der Waals surface area contributed by atoms with Gasteiger partial charge in [0.2, 0.25) is 0 Å². The van der Waals surface area contributed by atoms with Gasteiger partial charge in [-0.25, -0.2) is 0 Å². The number of thiophene rings is 1. The van der Waals surface area contributed by atoms with Crippen LogP contribution in [-0.4, -0.2) is 16.1 Å². The molecule has 1 heterocycles. The summed E-state index contributed by atoms with van der Waals surface area (Å²) in [4.78, 5) is 0.935. The molecule has 4 heteroatoms. The molecule has 1 aromatic heterocycles. The zero-order valence-electron chi connectivity index (χ0n) is 7.87. The first kappa shape index (κ1) is 11.4. The fourth-order valence-corrected chi connectivity index (χ4v) is 2.59. The normalized spacial score (nSPS) is 14.5. The van der Waals surface area contributed by atoms with Crippen LogP contribution in [0.25, 0.3) is 0 Å². The van der Waals surface area contributed by atoms with Crippen LogP contribution in [0, 0.1) is 0 Å². The van der Waals surface area contributed by atoms with E-state index >= 15 is 0 Å². The minimum atomic E-state index is -0.444. The van der Waals surface area contributed by atoms with Crippen molar-refractivity contribution >= 4 is 34.7 Å². The first-order valence-electron chi connectivity index (χ1n) is 3.96. The van der Waals surface area contributed by atoms with Gasteiger partial charge in [0.05, 0.1) is 4.34 Å². The molecule has 0 saturated carbocycles. The van der Waals surface area contributed by atoms with E-state index in [0.29, 0.717) is 0 Å². The largest absolute Gasteiger partial charge is 0.386 e. The highest BCUT2D eigenvalue weighted by Crippen LogP contribution is 2.39. The van der Waals surface area contributed by atoms with Gasteiger partial charge in [-0.15, -0.1) is 11.3 Å². The summed E-state index contributed by atoms with van der Waals surface area (Å²) in [6, 6.07) is 3.71. The third-order valence-electron chi connectivity index (χ3n) is 2.05. The van der Waals surface area contributed by atoms with Gasteiger partial charge in [0.1, 0.15) is 6.10 Å². The van der Waals surface area contributed by atoms with E-state index < -0.39 is 6.10 Å². The molecule has 0 saturated heterocycles. The average molecular weight is 237 g/mol. The maximum absolute atomic E-state index is 9.99. The highest BCUT2D eigenvalue weighted by atomic mass is 35.5. The van der Waals surface area contributed by atoms with Gasteiger partial charge in [-0.2, -0.15) is 11.8 Å². The molecule has 1 N–H and O–H groups in total. The first-order valence-corrected chi connectivity index (χ1v) is 6.38. The van der Waals surface area contributed by atoms with Crippen molar-refractivity contribution < 1.29 is 5.11 Å². The van der Waals surface area contributed by atoms with Gasteiger partial charge in [0.25, 0.3) is 0 Å². The van der Waals surface area contributed by atoms with E-state index in [9.17, 15) is 5.11 Å². The Morgan fingerprint density at radius 1 is 1.54 bits per heavy atom. The lowest BCUT2D eigenvalue weighted by Crippen LogP contribution is -2.24. The molecule has 13 heavy (non-hydrogen) atoms. The summed E-state index contributed by atoms with van der Waals surface area (Å²) >= 11 is 8.89. The number of aliphatic hydroxyl groups excluding tert-OH is 1. The van der Waals surface area contributed by atoms with Crippen molar-refractivity contribution in [2.45, 2.75) is 24.7 Å². The van der Waals surface area contributed by atoms with Crippen LogP contribution in [0.2, 0.25) is 4.34 Å². The van der Waals surface area contributed by atoms with Gasteiger partial charge in [-0.3, -0.25) is 0 Å². The minimum Gasteiger partial charge on any atom is -0.386 e. The molecule has 0 aliphatic carbocycles. The molecule has 0 bridgehead atoms. The van der Waals surface area contributed by atoms with E-state index in [2.05, 4.69) is 0 Å². The molecule has 0 aliphatic heterocycles. The topological polar surface area (TPSA) is 20.2 Å². The van der Waals surface area contributed by atoms with Crippen molar-refractivity contribution in [2.75, 3.05) is 6.26 Å². The summed E-state index contributed by atoms with van der Waals surface area (Å²) in [6.07, 6.45) is 1.55. The lowest BCUT2D eigenvalue weighted by atomic mass is 10.1. The first-order chi connectivity index (χ1) is 5.97. The summed E-state index contributed by atoms with van der Waals surface area (Å²) in [5.41, 5.74) is 0. The Labute approximate surface area is 92.1 Å². The van der Waals surface area contributed by atoms with E-state index in [0.717, 1.165) is 9.21 Å². The quantitative estimate of drug-likeness (QED) is 0.866. The summed E-state index contributed by atoms with van der Waals surface area (Å²) in [5, 5.41) is 9.99. The lowest BCUT2D eigenvalue weighted by molar-refractivity contribution is 0.148. The van der Waals surface area contributed by atoms with Gasteiger partial charge in [0.15, 0.2) is 0 Å². The molecular formula is C9H13ClOS2. The zero-order valence-corrected chi connectivity index (χ0v) is 10.3. The van der Waals surface area contributed by atoms with Crippen molar-refractivity contribution in [3.63, 3.8) is 0 Å². The van der Waals surface area contributed by atoms with Crippen LogP contribution in [0.15, 0.2) is 12.1 Å². The van der Waals surface area contributed by atoms with Crippen molar-refractivity contribution in [3.05, 3.63) is 21.3 Å². The van der Waals surface area contributed by atoms with Gasteiger partial charge >= 0.3 is 0 Å². The highest BCUT2D eigenvalue weighted by Gasteiger charge is 2.29. The highest BCUT2D eigenvalue weighted by molar-refractivity contribution is 8.00. The Hall–Kier alpha value is 0.300. The molecule has 1 nitrogen and oxygen atoms in total. The maximum Gasteiger partial charge on any atom is 0.102 e. The second kappa shape index (κ2) is 4.22. The molecule has 1 unspecified atom stereocenters. The molecule has 0 spiro atoms. The monoisotopic (exact) mass is 236 g/mol. The zero-order chi connectivity index (χ0) is 10.1. The van der Waals surface area contributed by atoms with E-state index in [-0.39, 0.29) is 4.75 Å². The van der Waals surface area contributed by atoms with E-state index in [1.807, 2.05) is 32.2 Å². The Morgan fingerprint density at radius 3 is 2.54 bits per heavy atom. The molecule has 0 fully saturated rings. The van der Waals surface area contributed by atoms with Crippen LogP contribution in [0.1, 0.15) is 24.8 Å². The van der Waals surface area contributed by atoms with Gasteiger partial charge in [-0.1, -0.05) is 11.6 Å². The van der Waals surface area contributed by atoms with Crippen LogP contribution in [-0.2, 0) is 0 Å². The summed E-state index contributed by atoms with van der Waals surface area (Å²) < 4.78 is 0.569. The van der Waals surface area contributed by atoms with Crippen molar-refractivity contribution in [1.29, 1.82) is 0 Å². The van der Waals surface area contributed by atoms with Gasteiger partial charge < -0.3 is 5.11 Å². The maximum atomic E-state index is 9.99. The Kier molecular flexibility index (Phi) is 3.69. The van der Waals surface area contributed by atoms with Crippen molar-refractivity contribution in [3.8, 4) is 0 Å². The summed E-state index contributed by atoms with van der Waals surface area (Å²) in [5.74, 6) is 0. The van der Waals surface area contributed by atoms with E-state index in [1.165, 1.54) is 11.3 Å². The van der Waals surface area contributed by atoms with Crippen molar-refractivity contribution in [1.82, 2.24) is 0 Å². The van der Waals surface area contributed by atoms with Gasteiger partial charge in [0, 0.05) is 9.62 Å². The minimum absolute atomic E-state index is 0.159. The Balaban J connectivity index is 2.84. The molecule has 1 aromatic rings. The third-order valence-corrected chi connectivity index (χ3v) is 4.61. The van der Waals surface area contributed by atoms with Crippen LogP contribution in [0.5, 0.6) is 0 Å². The number of aliphatic hydroxyl groups is 1. The van der Waals surface area contributed by atoms with Gasteiger partial charge in [-0.05, 0) is 32.2 Å². The smallest absolute Gasteiger partial charge is 0.102 e. The number of rotatable bonds is 3. The van der Waals surface area contributed by atoms with Crippen molar-refractivity contribution in [2.24, 2.45) is 0 Å². The number of halogens is 1. The van der Waals surface area contributed by atoms with E-state index in [1.54, 1.807) is 11.8 Å². The Bertz CT molecular complexity index is 283. The molecule has 1 rings (SSSR count). The fourth-order valence-electron chi connectivity index (χ4n) is 0.929.